The Bertz CT molecular complexity index is 1030. The van der Waals surface area contributed by atoms with Crippen molar-refractivity contribution in [2.45, 2.75) is 10.8 Å². The van der Waals surface area contributed by atoms with Crippen LogP contribution in [0.4, 0.5) is 0 Å². The zero-order valence-corrected chi connectivity index (χ0v) is 19.0. The largest absolute Gasteiger partial charge is 0.497 e. The van der Waals surface area contributed by atoms with Gasteiger partial charge in [-0.3, -0.25) is 9.59 Å². The van der Waals surface area contributed by atoms with Gasteiger partial charge in [0.2, 0.25) is 5.91 Å². The summed E-state index contributed by atoms with van der Waals surface area (Å²) in [5.74, 6) is 0.0232. The molecule has 1 aliphatic rings. The first-order valence-electron chi connectivity index (χ1n) is 9.64. The average molecular weight is 468 g/mol. The van der Waals surface area contributed by atoms with Crippen LogP contribution < -0.4 is 10.1 Å². The fourth-order valence-electron chi connectivity index (χ4n) is 2.98. The van der Waals surface area contributed by atoms with E-state index in [1.807, 2.05) is 12.1 Å². The molecular formula is C20H25N3O6S2. The molecule has 1 saturated heterocycles. The van der Waals surface area contributed by atoms with Gasteiger partial charge in [0.1, 0.15) is 9.96 Å². The van der Waals surface area contributed by atoms with E-state index < -0.39 is 15.9 Å². The zero-order valence-electron chi connectivity index (χ0n) is 17.4. The summed E-state index contributed by atoms with van der Waals surface area (Å²) in [6, 6.07) is 10.1. The summed E-state index contributed by atoms with van der Waals surface area (Å²) in [5.41, 5.74) is 0.836. The van der Waals surface area contributed by atoms with Crippen LogP contribution in [0.25, 0.3) is 0 Å². The minimum atomic E-state index is -3.90. The van der Waals surface area contributed by atoms with Crippen molar-refractivity contribution in [3.63, 3.8) is 0 Å². The molecule has 168 valence electrons. The van der Waals surface area contributed by atoms with E-state index in [1.165, 1.54) is 19.2 Å². The van der Waals surface area contributed by atoms with E-state index in [2.05, 4.69) is 5.32 Å². The van der Waals surface area contributed by atoms with Crippen molar-refractivity contribution in [3.05, 3.63) is 46.8 Å². The van der Waals surface area contributed by atoms with Crippen molar-refractivity contribution in [1.29, 1.82) is 0 Å². The molecule has 0 bridgehead atoms. The van der Waals surface area contributed by atoms with Crippen LogP contribution in [0.1, 0.15) is 15.2 Å². The van der Waals surface area contributed by atoms with Crippen LogP contribution in [0.3, 0.4) is 0 Å². The van der Waals surface area contributed by atoms with E-state index in [4.69, 9.17) is 9.47 Å². The van der Waals surface area contributed by atoms with Gasteiger partial charge in [-0.05, 0) is 29.8 Å². The molecular weight excluding hydrogens is 442 g/mol. The number of methoxy groups -OCH3 is 1. The Kier molecular flexibility index (Phi) is 7.65. The van der Waals surface area contributed by atoms with Crippen molar-refractivity contribution >= 4 is 33.2 Å². The predicted molar refractivity (Wildman–Crippen MR) is 116 cm³/mol. The molecule has 1 aromatic heterocycles. The Morgan fingerprint density at radius 2 is 1.97 bits per heavy atom. The molecule has 31 heavy (non-hydrogen) atoms. The summed E-state index contributed by atoms with van der Waals surface area (Å²) < 4.78 is 37.0. The van der Waals surface area contributed by atoms with Crippen LogP contribution in [0, 0.1) is 0 Å². The Labute approximate surface area is 185 Å². The fraction of sp³-hybridized carbons (Fsp3) is 0.400. The SMILES string of the molecule is COc1cccc(CNC(=O)CN(C)S(=O)(=O)c2ccc(C(=O)N3CCOCC3)s2)c1. The van der Waals surface area contributed by atoms with E-state index in [1.54, 1.807) is 24.1 Å². The standard InChI is InChI=1S/C20H25N3O6S2/c1-22(14-18(24)21-13-15-4-3-5-16(12-15)28-2)31(26,27)19-7-6-17(30-19)20(25)23-8-10-29-11-9-23/h3-7,12H,8-11,13-14H2,1-2H3,(H,21,24). The lowest BCUT2D eigenvalue weighted by atomic mass is 10.2. The van der Waals surface area contributed by atoms with Gasteiger partial charge in [-0.25, -0.2) is 8.42 Å². The van der Waals surface area contributed by atoms with E-state index >= 15 is 0 Å². The first kappa shape index (κ1) is 23.2. The number of sulfonamides is 1. The van der Waals surface area contributed by atoms with E-state index in [9.17, 15) is 18.0 Å². The molecule has 2 heterocycles. The average Bonchev–Trinajstić information content (AvgIpc) is 3.29. The maximum absolute atomic E-state index is 12.8. The second kappa shape index (κ2) is 10.2. The molecule has 1 fully saturated rings. The van der Waals surface area contributed by atoms with E-state index in [0.717, 1.165) is 21.2 Å². The lowest BCUT2D eigenvalue weighted by Gasteiger charge is -2.26. The van der Waals surface area contributed by atoms with Crippen molar-refractivity contribution in [3.8, 4) is 5.75 Å². The second-order valence-corrected chi connectivity index (χ2v) is 10.3. The van der Waals surface area contributed by atoms with Crippen LogP contribution in [-0.4, -0.2) is 76.4 Å². The first-order chi connectivity index (χ1) is 14.8. The van der Waals surface area contributed by atoms with Gasteiger partial charge in [-0.2, -0.15) is 4.31 Å². The molecule has 0 aliphatic carbocycles. The van der Waals surface area contributed by atoms with Crippen molar-refractivity contribution in [2.75, 3.05) is 47.0 Å². The van der Waals surface area contributed by atoms with Gasteiger partial charge in [0.25, 0.3) is 15.9 Å². The quantitative estimate of drug-likeness (QED) is 0.625. The monoisotopic (exact) mass is 467 g/mol. The van der Waals surface area contributed by atoms with E-state index in [0.29, 0.717) is 36.9 Å². The highest BCUT2D eigenvalue weighted by molar-refractivity contribution is 7.91. The Morgan fingerprint density at radius 1 is 1.23 bits per heavy atom. The number of amides is 2. The number of nitrogens with one attached hydrogen (secondary N) is 1. The highest BCUT2D eigenvalue weighted by Crippen LogP contribution is 2.25. The number of hydrogen-bond donors (Lipinski definition) is 1. The highest BCUT2D eigenvalue weighted by atomic mass is 32.2. The van der Waals surface area contributed by atoms with Gasteiger partial charge in [0.05, 0.1) is 31.7 Å². The normalized spacial score (nSPS) is 14.5. The summed E-state index contributed by atoms with van der Waals surface area (Å²) in [6.07, 6.45) is 0. The smallest absolute Gasteiger partial charge is 0.264 e. The maximum atomic E-state index is 12.8. The number of hydrogen-bond acceptors (Lipinski definition) is 7. The van der Waals surface area contributed by atoms with Crippen molar-refractivity contribution < 1.29 is 27.5 Å². The van der Waals surface area contributed by atoms with Gasteiger partial charge in [0.15, 0.2) is 0 Å². The Balaban J connectivity index is 1.58. The van der Waals surface area contributed by atoms with Crippen LogP contribution >= 0.6 is 11.3 Å². The molecule has 0 unspecified atom stereocenters. The van der Waals surface area contributed by atoms with Crippen LogP contribution in [0.2, 0.25) is 0 Å². The minimum absolute atomic E-state index is 0.0206. The molecule has 0 spiro atoms. The molecule has 1 aromatic carbocycles. The molecule has 9 nitrogen and oxygen atoms in total. The number of rotatable bonds is 8. The van der Waals surface area contributed by atoms with Gasteiger partial charge in [0, 0.05) is 26.7 Å². The number of ether oxygens (including phenoxy) is 2. The molecule has 11 heteroatoms. The first-order valence-corrected chi connectivity index (χ1v) is 11.9. The molecule has 2 amide bonds. The summed E-state index contributed by atoms with van der Waals surface area (Å²) in [6.45, 7) is 1.81. The third-order valence-corrected chi connectivity index (χ3v) is 8.09. The Hall–Kier alpha value is -2.47. The number of carbonyl (C=O) groups excluding carboxylic acids is 2. The zero-order chi connectivity index (χ0) is 22.4. The number of nitrogens with zero attached hydrogens (tertiary/aromatic N) is 2. The molecule has 1 aliphatic heterocycles. The lowest BCUT2D eigenvalue weighted by molar-refractivity contribution is -0.121. The van der Waals surface area contributed by atoms with Crippen molar-refractivity contribution in [2.24, 2.45) is 0 Å². The number of thiophene rings is 1. The summed E-state index contributed by atoms with van der Waals surface area (Å²) in [5, 5.41) is 2.70. The molecule has 0 atom stereocenters. The summed E-state index contributed by atoms with van der Waals surface area (Å²) >= 11 is 0.904. The lowest BCUT2D eigenvalue weighted by Crippen LogP contribution is -2.40. The van der Waals surface area contributed by atoms with Crippen molar-refractivity contribution in [1.82, 2.24) is 14.5 Å². The topological polar surface area (TPSA) is 105 Å². The predicted octanol–water partition coefficient (Wildman–Crippen LogP) is 1.17. The number of benzene rings is 1. The molecule has 3 rings (SSSR count). The van der Waals surface area contributed by atoms with Gasteiger partial charge < -0.3 is 19.7 Å². The molecule has 0 saturated carbocycles. The van der Waals surface area contributed by atoms with E-state index in [-0.39, 0.29) is 23.2 Å². The number of morpholine rings is 1. The van der Waals surface area contributed by atoms with Crippen LogP contribution in [0.5, 0.6) is 5.75 Å². The summed E-state index contributed by atoms with van der Waals surface area (Å²) in [4.78, 5) is 26.8. The third kappa shape index (κ3) is 5.82. The molecule has 2 aromatic rings. The number of carbonyl (C=O) groups is 2. The third-order valence-electron chi connectivity index (χ3n) is 4.75. The van der Waals surface area contributed by atoms with Crippen LogP contribution in [-0.2, 0) is 26.1 Å². The maximum Gasteiger partial charge on any atom is 0.264 e. The highest BCUT2D eigenvalue weighted by Gasteiger charge is 2.27. The van der Waals surface area contributed by atoms with Gasteiger partial charge >= 0.3 is 0 Å². The summed E-state index contributed by atoms with van der Waals surface area (Å²) in [7, 11) is -1.00. The molecule has 0 radical (unpaired) electrons. The second-order valence-electron chi connectivity index (χ2n) is 6.91. The van der Waals surface area contributed by atoms with Gasteiger partial charge in [-0.1, -0.05) is 12.1 Å². The molecule has 1 N–H and O–H groups in total. The number of likely N-dealkylation sites (N-methyl/N-ethyl adjacent to an activating group) is 1. The Morgan fingerprint density at radius 3 is 2.68 bits per heavy atom. The van der Waals surface area contributed by atoms with Crippen LogP contribution in [0.15, 0.2) is 40.6 Å². The van der Waals surface area contributed by atoms with Gasteiger partial charge in [-0.15, -0.1) is 11.3 Å². The minimum Gasteiger partial charge on any atom is -0.497 e. The fourth-order valence-corrected chi connectivity index (χ4v) is 5.59.